The van der Waals surface area contributed by atoms with Crippen molar-refractivity contribution in [3.8, 4) is 0 Å². The summed E-state index contributed by atoms with van der Waals surface area (Å²) >= 11 is 3.34. The number of pyridine rings is 1. The van der Waals surface area contributed by atoms with E-state index >= 15 is 0 Å². The molecule has 0 spiro atoms. The first kappa shape index (κ1) is 9.33. The fraction of sp³-hybridized carbons (Fsp3) is 0.222. The monoisotopic (exact) mass is 252 g/mol. The first-order chi connectivity index (χ1) is 6.74. The molecule has 0 unspecified atom stereocenters. The van der Waals surface area contributed by atoms with Gasteiger partial charge < -0.3 is 0 Å². The number of aromatic amines is 1. The van der Waals surface area contributed by atoms with Gasteiger partial charge in [-0.2, -0.15) is 5.10 Å². The molecule has 2 heterocycles. The average Bonchev–Trinajstić information content (AvgIpc) is 2.56. The van der Waals surface area contributed by atoms with E-state index in [2.05, 4.69) is 36.1 Å². The van der Waals surface area contributed by atoms with Crippen LogP contribution in [0.2, 0.25) is 0 Å². The highest BCUT2D eigenvalue weighted by atomic mass is 79.9. The van der Waals surface area contributed by atoms with Gasteiger partial charge in [0, 0.05) is 16.4 Å². The Morgan fingerprint density at radius 3 is 2.86 bits per heavy atom. The summed E-state index contributed by atoms with van der Waals surface area (Å²) in [5.74, 6) is 1.61. The predicted molar refractivity (Wildman–Crippen MR) is 55.9 cm³/mol. The third kappa shape index (κ3) is 2.17. The minimum atomic E-state index is 0.664. The maximum atomic E-state index is 4.24. The number of aryl methyl sites for hydroxylation is 1. The Hall–Kier alpha value is -1.23. The highest BCUT2D eigenvalue weighted by molar-refractivity contribution is 9.10. The summed E-state index contributed by atoms with van der Waals surface area (Å²) < 4.78 is 0.979. The molecular formula is C9H9BrN4. The molecule has 0 fully saturated rings. The molecule has 0 saturated heterocycles. The van der Waals surface area contributed by atoms with Gasteiger partial charge >= 0.3 is 0 Å². The van der Waals surface area contributed by atoms with E-state index in [9.17, 15) is 0 Å². The van der Waals surface area contributed by atoms with E-state index in [0.29, 0.717) is 6.42 Å². The fourth-order valence-corrected chi connectivity index (χ4v) is 1.38. The number of hydrogen-bond acceptors (Lipinski definition) is 3. The Morgan fingerprint density at radius 2 is 2.29 bits per heavy atom. The molecule has 0 amide bonds. The molecule has 5 heteroatoms. The van der Waals surface area contributed by atoms with Crippen molar-refractivity contribution in [1.82, 2.24) is 20.2 Å². The van der Waals surface area contributed by atoms with Crippen molar-refractivity contribution < 1.29 is 0 Å². The van der Waals surface area contributed by atoms with Crippen LogP contribution in [-0.4, -0.2) is 20.2 Å². The zero-order valence-electron chi connectivity index (χ0n) is 7.66. The van der Waals surface area contributed by atoms with E-state index in [-0.39, 0.29) is 0 Å². The molecule has 0 aliphatic heterocycles. The Balaban J connectivity index is 2.15. The highest BCUT2D eigenvalue weighted by Crippen LogP contribution is 2.09. The molecule has 14 heavy (non-hydrogen) atoms. The molecule has 1 N–H and O–H groups in total. The third-order valence-corrected chi connectivity index (χ3v) is 2.24. The molecule has 0 atom stereocenters. The summed E-state index contributed by atoms with van der Waals surface area (Å²) in [4.78, 5) is 8.45. The zero-order chi connectivity index (χ0) is 9.97. The Kier molecular flexibility index (Phi) is 2.58. The first-order valence-corrected chi connectivity index (χ1v) is 5.01. The summed E-state index contributed by atoms with van der Waals surface area (Å²) in [6.45, 7) is 1.88. The van der Waals surface area contributed by atoms with Crippen molar-refractivity contribution in [2.24, 2.45) is 0 Å². The van der Waals surface area contributed by atoms with Gasteiger partial charge in [0.25, 0.3) is 0 Å². The van der Waals surface area contributed by atoms with Crippen LogP contribution in [0, 0.1) is 6.92 Å². The van der Waals surface area contributed by atoms with Crippen LogP contribution >= 0.6 is 15.9 Å². The van der Waals surface area contributed by atoms with Crippen LogP contribution in [-0.2, 0) is 6.42 Å². The summed E-state index contributed by atoms with van der Waals surface area (Å²) in [5.41, 5.74) is 0.965. The summed E-state index contributed by atoms with van der Waals surface area (Å²) in [7, 11) is 0. The minimum absolute atomic E-state index is 0.664. The molecule has 0 radical (unpaired) electrons. The fourth-order valence-electron chi connectivity index (χ4n) is 1.14. The molecule has 72 valence electrons. The second kappa shape index (κ2) is 3.88. The summed E-state index contributed by atoms with van der Waals surface area (Å²) in [6.07, 6.45) is 2.44. The van der Waals surface area contributed by atoms with Gasteiger partial charge in [-0.05, 0) is 35.0 Å². The number of rotatable bonds is 2. The van der Waals surface area contributed by atoms with Gasteiger partial charge in [-0.3, -0.25) is 10.1 Å². The molecule has 4 nitrogen and oxygen atoms in total. The van der Waals surface area contributed by atoms with Crippen molar-refractivity contribution in [1.29, 1.82) is 0 Å². The topological polar surface area (TPSA) is 54.5 Å². The normalized spacial score (nSPS) is 10.4. The SMILES string of the molecule is Cc1nc(Cc2ccc(Br)cn2)n[nH]1. The van der Waals surface area contributed by atoms with Gasteiger partial charge in [0.15, 0.2) is 5.82 Å². The lowest BCUT2D eigenvalue weighted by molar-refractivity contribution is 0.940. The van der Waals surface area contributed by atoms with Crippen molar-refractivity contribution in [3.05, 3.63) is 40.1 Å². The standard InChI is InChI=1S/C9H9BrN4/c1-6-12-9(14-13-6)4-8-3-2-7(10)5-11-8/h2-3,5H,4H2,1H3,(H,12,13,14). The molecule has 0 aromatic carbocycles. The van der Waals surface area contributed by atoms with Crippen LogP contribution in [0.5, 0.6) is 0 Å². The maximum absolute atomic E-state index is 4.24. The zero-order valence-corrected chi connectivity index (χ0v) is 9.24. The van der Waals surface area contributed by atoms with Crippen LogP contribution in [0.4, 0.5) is 0 Å². The molecule has 0 saturated carbocycles. The Bertz CT molecular complexity index is 421. The molecular weight excluding hydrogens is 244 g/mol. The second-order valence-corrected chi connectivity index (χ2v) is 3.90. The molecule has 2 rings (SSSR count). The summed E-state index contributed by atoms with van der Waals surface area (Å²) in [5, 5.41) is 6.85. The van der Waals surface area contributed by atoms with E-state index < -0.39 is 0 Å². The van der Waals surface area contributed by atoms with E-state index in [1.807, 2.05) is 19.1 Å². The molecule has 0 aliphatic rings. The average molecular weight is 253 g/mol. The number of aromatic nitrogens is 4. The lowest BCUT2D eigenvalue weighted by Gasteiger charge is -1.95. The van der Waals surface area contributed by atoms with Gasteiger partial charge in [0.05, 0.1) is 6.42 Å². The maximum Gasteiger partial charge on any atom is 0.156 e. The third-order valence-electron chi connectivity index (χ3n) is 1.77. The minimum Gasteiger partial charge on any atom is -0.263 e. The van der Waals surface area contributed by atoms with Crippen molar-refractivity contribution >= 4 is 15.9 Å². The van der Waals surface area contributed by atoms with Gasteiger partial charge in [0.2, 0.25) is 0 Å². The van der Waals surface area contributed by atoms with Gasteiger partial charge in [0.1, 0.15) is 5.82 Å². The van der Waals surface area contributed by atoms with Crippen LogP contribution in [0.3, 0.4) is 0 Å². The van der Waals surface area contributed by atoms with E-state index in [0.717, 1.165) is 21.8 Å². The van der Waals surface area contributed by atoms with E-state index in [4.69, 9.17) is 0 Å². The molecule has 2 aromatic rings. The summed E-state index contributed by atoms with van der Waals surface area (Å²) in [6, 6.07) is 3.91. The van der Waals surface area contributed by atoms with Gasteiger partial charge in [-0.1, -0.05) is 0 Å². The van der Waals surface area contributed by atoms with E-state index in [1.54, 1.807) is 6.20 Å². The lowest BCUT2D eigenvalue weighted by atomic mass is 10.2. The van der Waals surface area contributed by atoms with Crippen LogP contribution < -0.4 is 0 Å². The van der Waals surface area contributed by atoms with Crippen molar-refractivity contribution in [3.63, 3.8) is 0 Å². The highest BCUT2D eigenvalue weighted by Gasteiger charge is 2.02. The second-order valence-electron chi connectivity index (χ2n) is 2.98. The van der Waals surface area contributed by atoms with Crippen LogP contribution in [0.15, 0.2) is 22.8 Å². The largest absolute Gasteiger partial charge is 0.263 e. The number of H-pyrrole nitrogens is 1. The number of nitrogens with zero attached hydrogens (tertiary/aromatic N) is 3. The predicted octanol–water partition coefficient (Wildman–Crippen LogP) is 1.86. The Labute approximate surface area is 89.9 Å². The smallest absolute Gasteiger partial charge is 0.156 e. The quantitative estimate of drug-likeness (QED) is 0.888. The van der Waals surface area contributed by atoms with Crippen molar-refractivity contribution in [2.75, 3.05) is 0 Å². The lowest BCUT2D eigenvalue weighted by Crippen LogP contribution is -1.93. The number of nitrogens with one attached hydrogen (secondary N) is 1. The Morgan fingerprint density at radius 1 is 1.43 bits per heavy atom. The van der Waals surface area contributed by atoms with E-state index in [1.165, 1.54) is 0 Å². The van der Waals surface area contributed by atoms with Gasteiger partial charge in [-0.25, -0.2) is 4.98 Å². The number of hydrogen-bond donors (Lipinski definition) is 1. The first-order valence-electron chi connectivity index (χ1n) is 4.22. The number of halogens is 1. The van der Waals surface area contributed by atoms with Gasteiger partial charge in [-0.15, -0.1) is 0 Å². The van der Waals surface area contributed by atoms with Crippen LogP contribution in [0.1, 0.15) is 17.3 Å². The van der Waals surface area contributed by atoms with Crippen molar-refractivity contribution in [2.45, 2.75) is 13.3 Å². The molecule has 2 aromatic heterocycles. The molecule has 0 aliphatic carbocycles. The molecule has 0 bridgehead atoms. The van der Waals surface area contributed by atoms with Crippen LogP contribution in [0.25, 0.3) is 0 Å².